The highest BCUT2D eigenvalue weighted by Gasteiger charge is 2.28. The van der Waals surface area contributed by atoms with Gasteiger partial charge < -0.3 is 10.5 Å². The summed E-state index contributed by atoms with van der Waals surface area (Å²) in [5.41, 5.74) is 7.02. The van der Waals surface area contributed by atoms with Gasteiger partial charge in [-0.05, 0) is 19.3 Å². The van der Waals surface area contributed by atoms with E-state index in [-0.39, 0.29) is 0 Å². The molecule has 15 heavy (non-hydrogen) atoms. The number of aryl methyl sites for hydroxylation is 1. The van der Waals surface area contributed by atoms with E-state index in [2.05, 4.69) is 0 Å². The highest BCUT2D eigenvalue weighted by molar-refractivity contribution is 7.11. The Morgan fingerprint density at radius 2 is 2.33 bits per heavy atom. The molecule has 0 aromatic carbocycles. The second-order valence-corrected chi connectivity index (χ2v) is 5.16. The van der Waals surface area contributed by atoms with Gasteiger partial charge >= 0.3 is 0 Å². The van der Waals surface area contributed by atoms with Gasteiger partial charge in [0.15, 0.2) is 0 Å². The van der Waals surface area contributed by atoms with Crippen LogP contribution in [0.1, 0.15) is 40.8 Å². The van der Waals surface area contributed by atoms with Crippen LogP contribution in [0.25, 0.3) is 0 Å². The van der Waals surface area contributed by atoms with Gasteiger partial charge in [0.1, 0.15) is 0 Å². The lowest BCUT2D eigenvalue weighted by atomic mass is 10.2. The smallest absolute Gasteiger partial charge is 0.0932 e. The molecule has 0 aliphatic heterocycles. The maximum atomic E-state index is 5.73. The molecule has 2 N–H and O–H groups in total. The first-order valence-electron chi connectivity index (χ1n) is 5.52. The molecule has 0 atom stereocenters. The van der Waals surface area contributed by atoms with Gasteiger partial charge in [-0.2, -0.15) is 0 Å². The molecular weight excluding hydrogens is 208 g/mol. The summed E-state index contributed by atoms with van der Waals surface area (Å²) in [5, 5.41) is 1.23. The zero-order chi connectivity index (χ0) is 10.7. The normalized spacial score (nSPS) is 15.9. The maximum Gasteiger partial charge on any atom is 0.0932 e. The second kappa shape index (κ2) is 5.05. The summed E-state index contributed by atoms with van der Waals surface area (Å²) >= 11 is 1.79. The largest absolute Gasteiger partial charge is 0.385 e. The van der Waals surface area contributed by atoms with Crippen molar-refractivity contribution in [3.63, 3.8) is 0 Å². The molecule has 0 bridgehead atoms. The minimum Gasteiger partial charge on any atom is -0.385 e. The van der Waals surface area contributed by atoms with Crippen molar-refractivity contribution in [2.75, 3.05) is 13.7 Å². The first-order valence-corrected chi connectivity index (χ1v) is 6.34. The van der Waals surface area contributed by atoms with Crippen LogP contribution in [-0.4, -0.2) is 18.7 Å². The first-order chi connectivity index (χ1) is 7.35. The van der Waals surface area contributed by atoms with Crippen LogP contribution in [0.3, 0.4) is 0 Å². The Morgan fingerprint density at radius 3 is 2.93 bits per heavy atom. The van der Waals surface area contributed by atoms with Crippen LogP contribution in [0.4, 0.5) is 0 Å². The van der Waals surface area contributed by atoms with Crippen molar-refractivity contribution in [2.45, 2.75) is 38.1 Å². The maximum absolute atomic E-state index is 5.73. The van der Waals surface area contributed by atoms with E-state index in [4.69, 9.17) is 15.5 Å². The number of nitrogens with zero attached hydrogens (tertiary/aromatic N) is 1. The molecule has 0 radical (unpaired) electrons. The summed E-state index contributed by atoms with van der Waals surface area (Å²) in [6, 6.07) is 0. The SMILES string of the molecule is COCCCc1nc(C2CC2)c(CN)s1. The van der Waals surface area contributed by atoms with Gasteiger partial charge in [0.2, 0.25) is 0 Å². The van der Waals surface area contributed by atoms with E-state index in [0.29, 0.717) is 6.54 Å². The lowest BCUT2D eigenvalue weighted by Crippen LogP contribution is -1.97. The third-order valence-electron chi connectivity index (χ3n) is 2.66. The Labute approximate surface area is 94.7 Å². The fourth-order valence-electron chi connectivity index (χ4n) is 1.71. The molecule has 0 unspecified atom stereocenters. The van der Waals surface area contributed by atoms with E-state index in [1.807, 2.05) is 0 Å². The highest BCUT2D eigenvalue weighted by Crippen LogP contribution is 2.42. The Hall–Kier alpha value is -0.450. The summed E-state index contributed by atoms with van der Waals surface area (Å²) in [6.45, 7) is 1.46. The molecule has 1 aromatic heterocycles. The van der Waals surface area contributed by atoms with Gasteiger partial charge in [0.25, 0.3) is 0 Å². The Bertz CT molecular complexity index is 320. The second-order valence-electron chi connectivity index (χ2n) is 3.99. The first kappa shape index (κ1) is 11.0. The van der Waals surface area contributed by atoms with Crippen LogP contribution < -0.4 is 5.73 Å². The molecule has 0 amide bonds. The zero-order valence-electron chi connectivity index (χ0n) is 9.16. The van der Waals surface area contributed by atoms with Crippen molar-refractivity contribution in [2.24, 2.45) is 5.73 Å². The van der Waals surface area contributed by atoms with E-state index < -0.39 is 0 Å². The third kappa shape index (κ3) is 2.77. The molecule has 1 aliphatic rings. The number of nitrogens with two attached hydrogens (primary N) is 1. The number of ether oxygens (including phenoxy) is 1. The van der Waals surface area contributed by atoms with E-state index in [0.717, 1.165) is 25.4 Å². The molecule has 0 spiro atoms. The Morgan fingerprint density at radius 1 is 1.53 bits per heavy atom. The van der Waals surface area contributed by atoms with Crippen molar-refractivity contribution in [1.29, 1.82) is 0 Å². The molecular formula is C11H18N2OS. The average Bonchev–Trinajstić information content (AvgIpc) is 3.01. The van der Waals surface area contributed by atoms with E-state index in [1.54, 1.807) is 18.4 Å². The van der Waals surface area contributed by atoms with Gasteiger partial charge in [0.05, 0.1) is 10.7 Å². The minimum absolute atomic E-state index is 0.647. The predicted molar refractivity (Wildman–Crippen MR) is 62.2 cm³/mol. The number of aromatic nitrogens is 1. The molecule has 1 aromatic rings. The molecule has 1 aliphatic carbocycles. The summed E-state index contributed by atoms with van der Waals surface area (Å²) in [7, 11) is 1.74. The Kier molecular flexibility index (Phi) is 3.72. The fourth-order valence-corrected chi connectivity index (χ4v) is 2.79. The van der Waals surface area contributed by atoms with Crippen LogP contribution in [0.5, 0.6) is 0 Å². The van der Waals surface area contributed by atoms with Crippen LogP contribution in [0.15, 0.2) is 0 Å². The minimum atomic E-state index is 0.647. The van der Waals surface area contributed by atoms with E-state index in [9.17, 15) is 0 Å². The van der Waals surface area contributed by atoms with Crippen LogP contribution >= 0.6 is 11.3 Å². The molecule has 0 saturated heterocycles. The molecule has 1 saturated carbocycles. The monoisotopic (exact) mass is 226 g/mol. The molecule has 2 rings (SSSR count). The van der Waals surface area contributed by atoms with Crippen molar-refractivity contribution in [1.82, 2.24) is 4.98 Å². The van der Waals surface area contributed by atoms with Crippen molar-refractivity contribution in [3.8, 4) is 0 Å². The van der Waals surface area contributed by atoms with Crippen LogP contribution in [-0.2, 0) is 17.7 Å². The molecule has 1 fully saturated rings. The average molecular weight is 226 g/mol. The zero-order valence-corrected chi connectivity index (χ0v) is 9.98. The van der Waals surface area contributed by atoms with Gasteiger partial charge in [-0.1, -0.05) is 0 Å². The van der Waals surface area contributed by atoms with Crippen molar-refractivity contribution < 1.29 is 4.74 Å². The summed E-state index contributed by atoms with van der Waals surface area (Å²) in [5.74, 6) is 0.718. The fraction of sp³-hybridized carbons (Fsp3) is 0.727. The van der Waals surface area contributed by atoms with Gasteiger partial charge in [-0.25, -0.2) is 4.98 Å². The number of hydrogen-bond acceptors (Lipinski definition) is 4. The van der Waals surface area contributed by atoms with Gasteiger partial charge in [-0.15, -0.1) is 11.3 Å². The van der Waals surface area contributed by atoms with Crippen molar-refractivity contribution in [3.05, 3.63) is 15.6 Å². The standard InChI is InChI=1S/C11H18N2OS/c1-14-6-2-3-10-13-11(8-4-5-8)9(7-12)15-10/h8H,2-7,12H2,1H3. The van der Waals surface area contributed by atoms with E-state index >= 15 is 0 Å². The number of methoxy groups -OCH3 is 1. The predicted octanol–water partition coefficient (Wildman–Crippen LogP) is 2.06. The molecule has 1 heterocycles. The topological polar surface area (TPSA) is 48.1 Å². The highest BCUT2D eigenvalue weighted by atomic mass is 32.1. The molecule has 3 nitrogen and oxygen atoms in total. The quantitative estimate of drug-likeness (QED) is 0.755. The van der Waals surface area contributed by atoms with Gasteiger partial charge in [0, 0.05) is 37.5 Å². The van der Waals surface area contributed by atoms with Crippen LogP contribution in [0, 0.1) is 0 Å². The summed E-state index contributed by atoms with van der Waals surface area (Å²) in [4.78, 5) is 5.99. The number of hydrogen-bond donors (Lipinski definition) is 1. The van der Waals surface area contributed by atoms with E-state index in [1.165, 1.54) is 28.4 Å². The lowest BCUT2D eigenvalue weighted by molar-refractivity contribution is 0.195. The van der Waals surface area contributed by atoms with Crippen molar-refractivity contribution >= 4 is 11.3 Å². The molecule has 84 valence electrons. The summed E-state index contributed by atoms with van der Waals surface area (Å²) in [6.07, 6.45) is 4.68. The summed E-state index contributed by atoms with van der Waals surface area (Å²) < 4.78 is 5.04. The molecule has 4 heteroatoms. The Balaban J connectivity index is 1.98. The number of thiazole rings is 1. The third-order valence-corrected chi connectivity index (χ3v) is 3.81. The van der Waals surface area contributed by atoms with Crippen LogP contribution in [0.2, 0.25) is 0 Å². The number of rotatable bonds is 6. The van der Waals surface area contributed by atoms with Gasteiger partial charge in [-0.3, -0.25) is 0 Å². The lowest BCUT2D eigenvalue weighted by Gasteiger charge is -1.95.